The Morgan fingerprint density at radius 2 is 1.55 bits per heavy atom. The highest BCUT2D eigenvalue weighted by Gasteiger charge is 2.25. The molecule has 0 radical (unpaired) electrons. The lowest BCUT2D eigenvalue weighted by Crippen LogP contribution is -2.36. The fourth-order valence-electron chi connectivity index (χ4n) is 2.87. The average Bonchev–Trinajstić information content (AvgIpc) is 2.76. The number of aliphatic hydroxyl groups is 1. The minimum absolute atomic E-state index is 0.250. The molecule has 0 aromatic heterocycles. The zero-order valence-electron chi connectivity index (χ0n) is 19.5. The van der Waals surface area contributed by atoms with Crippen molar-refractivity contribution in [1.29, 1.82) is 0 Å². The number of amides is 1. The van der Waals surface area contributed by atoms with Crippen molar-refractivity contribution in [2.45, 2.75) is 25.2 Å². The first kappa shape index (κ1) is 26.0. The van der Waals surface area contributed by atoms with E-state index in [-0.39, 0.29) is 11.4 Å². The van der Waals surface area contributed by atoms with Gasteiger partial charge in [-0.25, -0.2) is 8.42 Å². The molecule has 0 atom stereocenters. The van der Waals surface area contributed by atoms with Crippen LogP contribution >= 0.6 is 0 Å². The summed E-state index contributed by atoms with van der Waals surface area (Å²) in [6.07, 6.45) is 1.40. The highest BCUT2D eigenvalue weighted by Crippen LogP contribution is 2.35. The van der Waals surface area contributed by atoms with Crippen LogP contribution in [0.1, 0.15) is 25.0 Å². The van der Waals surface area contributed by atoms with E-state index in [0.29, 0.717) is 34.1 Å². The molecule has 0 saturated carbocycles. The summed E-state index contributed by atoms with van der Waals surface area (Å²) in [4.78, 5) is 12.1. The van der Waals surface area contributed by atoms with Gasteiger partial charge in [-0.3, -0.25) is 4.79 Å². The van der Waals surface area contributed by atoms with Crippen molar-refractivity contribution in [3.63, 3.8) is 0 Å². The van der Waals surface area contributed by atoms with Crippen LogP contribution in [0.25, 0.3) is 6.08 Å². The lowest BCUT2D eigenvalue weighted by molar-refractivity contribution is -0.130. The molecule has 10 heteroatoms. The van der Waals surface area contributed by atoms with Crippen LogP contribution in [0, 0.1) is 0 Å². The maximum atomic E-state index is 12.8. The molecule has 1 amide bonds. The van der Waals surface area contributed by atoms with Crippen LogP contribution < -0.4 is 24.3 Å². The standard InChI is InChI=1S/C23H29NO8S/c1-23(2,26)22(25)24-18-11-15(7-8-19(18)30-4)14-33(27,28)10-9-17-20(31-5)12-16(29-3)13-21(17)32-6/h7-13,26H,14H2,1-6H3,(H,24,25). The third-order valence-electron chi connectivity index (χ3n) is 4.63. The van der Waals surface area contributed by atoms with Crippen molar-refractivity contribution >= 4 is 27.5 Å². The van der Waals surface area contributed by atoms with Gasteiger partial charge in [-0.2, -0.15) is 0 Å². The number of hydrogen-bond donors (Lipinski definition) is 2. The third kappa shape index (κ3) is 6.87. The SMILES string of the molecule is COc1cc(OC)c(C=CS(=O)(=O)Cc2ccc(OC)c(NC(=O)C(C)(C)O)c2)c(OC)c1. The maximum absolute atomic E-state index is 12.8. The summed E-state index contributed by atoms with van der Waals surface area (Å²) in [6.45, 7) is 2.69. The van der Waals surface area contributed by atoms with E-state index in [1.54, 1.807) is 24.3 Å². The molecule has 0 saturated heterocycles. The number of sulfone groups is 1. The second-order valence-corrected chi connectivity index (χ2v) is 9.49. The molecule has 2 aromatic rings. The van der Waals surface area contributed by atoms with Crippen molar-refractivity contribution in [1.82, 2.24) is 0 Å². The summed E-state index contributed by atoms with van der Waals surface area (Å²) >= 11 is 0. The molecule has 0 heterocycles. The number of ether oxygens (including phenoxy) is 4. The van der Waals surface area contributed by atoms with Gasteiger partial charge in [-0.15, -0.1) is 0 Å². The highest BCUT2D eigenvalue weighted by atomic mass is 32.2. The largest absolute Gasteiger partial charge is 0.496 e. The first-order valence-corrected chi connectivity index (χ1v) is 11.6. The Hall–Kier alpha value is -3.24. The van der Waals surface area contributed by atoms with E-state index in [2.05, 4.69) is 5.32 Å². The Morgan fingerprint density at radius 3 is 2.03 bits per heavy atom. The highest BCUT2D eigenvalue weighted by molar-refractivity contribution is 7.93. The Kier molecular flexibility index (Phi) is 8.34. The fraction of sp³-hybridized carbons (Fsp3) is 0.348. The quantitative estimate of drug-likeness (QED) is 0.534. The second-order valence-electron chi connectivity index (χ2n) is 7.60. The van der Waals surface area contributed by atoms with Gasteiger partial charge in [0.05, 0.1) is 45.4 Å². The van der Waals surface area contributed by atoms with E-state index < -0.39 is 21.3 Å². The molecule has 0 fully saturated rings. The number of benzene rings is 2. The van der Waals surface area contributed by atoms with Gasteiger partial charge in [0.15, 0.2) is 9.84 Å². The van der Waals surface area contributed by atoms with Crippen molar-refractivity contribution in [3.05, 3.63) is 46.9 Å². The van der Waals surface area contributed by atoms with Crippen molar-refractivity contribution in [3.8, 4) is 23.0 Å². The van der Waals surface area contributed by atoms with Crippen LogP contribution in [0.2, 0.25) is 0 Å². The molecule has 0 aliphatic carbocycles. The fourth-order valence-corrected chi connectivity index (χ4v) is 3.95. The predicted molar refractivity (Wildman–Crippen MR) is 126 cm³/mol. The van der Waals surface area contributed by atoms with Crippen LogP contribution in [0.15, 0.2) is 35.7 Å². The minimum atomic E-state index is -3.72. The van der Waals surface area contributed by atoms with Gasteiger partial charge >= 0.3 is 0 Å². The molecule has 0 aliphatic rings. The summed E-state index contributed by atoms with van der Waals surface area (Å²) in [5, 5.41) is 13.5. The number of carbonyl (C=O) groups excluding carboxylic acids is 1. The summed E-state index contributed by atoms with van der Waals surface area (Å²) in [5.41, 5.74) is -0.510. The Balaban J connectivity index is 2.34. The molecule has 0 spiro atoms. The van der Waals surface area contributed by atoms with Gasteiger partial charge < -0.3 is 29.4 Å². The van der Waals surface area contributed by atoms with Gasteiger partial charge in [0, 0.05) is 17.5 Å². The molecule has 0 bridgehead atoms. The number of rotatable bonds is 10. The number of nitrogens with one attached hydrogen (secondary N) is 1. The molecule has 9 nitrogen and oxygen atoms in total. The number of hydrogen-bond acceptors (Lipinski definition) is 8. The lowest BCUT2D eigenvalue weighted by atomic mass is 10.1. The van der Waals surface area contributed by atoms with Crippen LogP contribution in [-0.4, -0.2) is 53.5 Å². The number of methoxy groups -OCH3 is 4. The number of carbonyl (C=O) groups is 1. The van der Waals surface area contributed by atoms with Gasteiger partial charge in [0.2, 0.25) is 0 Å². The molecular formula is C23H29NO8S. The first-order chi connectivity index (χ1) is 15.4. The maximum Gasteiger partial charge on any atom is 0.255 e. The monoisotopic (exact) mass is 479 g/mol. The molecule has 0 unspecified atom stereocenters. The van der Waals surface area contributed by atoms with Gasteiger partial charge in [0.1, 0.15) is 28.6 Å². The van der Waals surface area contributed by atoms with Crippen LogP contribution in [0.5, 0.6) is 23.0 Å². The molecule has 0 aliphatic heterocycles. The predicted octanol–water partition coefficient (Wildman–Crippen LogP) is 3.02. The molecule has 33 heavy (non-hydrogen) atoms. The first-order valence-electron chi connectivity index (χ1n) is 9.85. The smallest absolute Gasteiger partial charge is 0.255 e. The molecule has 2 aromatic carbocycles. The summed E-state index contributed by atoms with van der Waals surface area (Å²) in [6, 6.07) is 7.86. The van der Waals surface area contributed by atoms with Crippen molar-refractivity contribution in [2.24, 2.45) is 0 Å². The van der Waals surface area contributed by atoms with Gasteiger partial charge in [-0.05, 0) is 37.6 Å². The van der Waals surface area contributed by atoms with E-state index >= 15 is 0 Å². The van der Waals surface area contributed by atoms with E-state index in [4.69, 9.17) is 18.9 Å². The van der Waals surface area contributed by atoms with Gasteiger partial charge in [-0.1, -0.05) is 6.07 Å². The zero-order valence-corrected chi connectivity index (χ0v) is 20.3. The summed E-state index contributed by atoms with van der Waals surface area (Å²) in [5.74, 6) is 0.621. The second kappa shape index (κ2) is 10.6. The van der Waals surface area contributed by atoms with Crippen LogP contribution in [0.4, 0.5) is 5.69 Å². The van der Waals surface area contributed by atoms with Crippen molar-refractivity contribution < 1.29 is 37.3 Å². The van der Waals surface area contributed by atoms with Crippen molar-refractivity contribution in [2.75, 3.05) is 33.8 Å². The Bertz CT molecular complexity index is 1110. The average molecular weight is 480 g/mol. The molecule has 2 N–H and O–H groups in total. The zero-order chi connectivity index (χ0) is 24.8. The molecule has 2 rings (SSSR count). The van der Waals surface area contributed by atoms with E-state index in [9.17, 15) is 18.3 Å². The molecular weight excluding hydrogens is 450 g/mol. The molecule has 180 valence electrons. The Morgan fingerprint density at radius 1 is 0.970 bits per heavy atom. The Labute approximate surface area is 193 Å². The topological polar surface area (TPSA) is 120 Å². The van der Waals surface area contributed by atoms with E-state index in [0.717, 1.165) is 5.41 Å². The minimum Gasteiger partial charge on any atom is -0.496 e. The summed E-state index contributed by atoms with van der Waals surface area (Å²) in [7, 11) is 2.12. The lowest BCUT2D eigenvalue weighted by Gasteiger charge is -2.18. The number of anilines is 1. The van der Waals surface area contributed by atoms with Crippen LogP contribution in [-0.2, 0) is 20.4 Å². The summed E-state index contributed by atoms with van der Waals surface area (Å²) < 4.78 is 46.7. The van der Waals surface area contributed by atoms with E-state index in [1.807, 2.05) is 0 Å². The van der Waals surface area contributed by atoms with Crippen LogP contribution in [0.3, 0.4) is 0 Å². The normalized spacial score (nSPS) is 11.8. The van der Waals surface area contributed by atoms with E-state index in [1.165, 1.54) is 54.4 Å². The third-order valence-corrected chi connectivity index (χ3v) is 5.92. The van der Waals surface area contributed by atoms with Gasteiger partial charge in [0.25, 0.3) is 5.91 Å².